The third-order valence-corrected chi connectivity index (χ3v) is 4.98. The molecule has 0 aromatic heterocycles. The van der Waals surface area contributed by atoms with Gasteiger partial charge in [0.15, 0.2) is 5.70 Å². The van der Waals surface area contributed by atoms with Crippen LogP contribution in [0.4, 0.5) is 4.39 Å². The number of benzene rings is 3. The van der Waals surface area contributed by atoms with Crippen LogP contribution in [0.5, 0.6) is 5.75 Å². The highest BCUT2D eigenvalue weighted by Crippen LogP contribution is 2.26. The second-order valence-corrected chi connectivity index (χ2v) is 7.51. The van der Waals surface area contributed by atoms with Gasteiger partial charge < -0.3 is 9.47 Å². The molecule has 3 aromatic rings. The molecule has 4 rings (SSSR count). The highest BCUT2D eigenvalue weighted by molar-refractivity contribution is 14.1. The second kappa shape index (κ2) is 8.57. The molecule has 0 fully saturated rings. The van der Waals surface area contributed by atoms with Crippen LogP contribution in [0.3, 0.4) is 0 Å². The normalized spacial score (nSPS) is 14.6. The van der Waals surface area contributed by atoms with Crippen molar-refractivity contribution in [2.24, 2.45) is 4.99 Å². The summed E-state index contributed by atoms with van der Waals surface area (Å²) < 4.78 is 26.0. The number of carbonyl (C=O) groups excluding carboxylic acids is 1. The van der Waals surface area contributed by atoms with Gasteiger partial charge in [0.05, 0.1) is 0 Å². The molecule has 0 saturated heterocycles. The quantitative estimate of drug-likeness (QED) is 0.270. The Kier molecular flexibility index (Phi) is 5.71. The maximum Gasteiger partial charge on any atom is 0.363 e. The van der Waals surface area contributed by atoms with Crippen LogP contribution < -0.4 is 4.74 Å². The first kappa shape index (κ1) is 19.3. The third kappa shape index (κ3) is 4.54. The summed E-state index contributed by atoms with van der Waals surface area (Å²) in [6, 6.07) is 21.2. The predicted octanol–water partition coefficient (Wildman–Crippen LogP) is 5.35. The number of nitrogens with zero attached hydrogens (tertiary/aromatic N) is 1. The Morgan fingerprint density at radius 3 is 2.52 bits per heavy atom. The maximum absolute atomic E-state index is 13.8. The highest BCUT2D eigenvalue weighted by Gasteiger charge is 2.24. The van der Waals surface area contributed by atoms with Crippen molar-refractivity contribution < 1.29 is 18.7 Å². The molecular weight excluding hydrogens is 484 g/mol. The summed E-state index contributed by atoms with van der Waals surface area (Å²) in [5.41, 5.74) is 2.02. The molecular formula is C23H15FINO3. The topological polar surface area (TPSA) is 47.9 Å². The first-order chi connectivity index (χ1) is 14.1. The van der Waals surface area contributed by atoms with Gasteiger partial charge in [0, 0.05) is 20.3 Å². The van der Waals surface area contributed by atoms with Crippen molar-refractivity contribution in [2.45, 2.75) is 6.61 Å². The van der Waals surface area contributed by atoms with E-state index in [0.29, 0.717) is 16.9 Å². The van der Waals surface area contributed by atoms with Crippen LogP contribution in [0, 0.1) is 9.39 Å². The summed E-state index contributed by atoms with van der Waals surface area (Å²) >= 11 is 2.20. The van der Waals surface area contributed by atoms with Gasteiger partial charge >= 0.3 is 5.97 Å². The number of aliphatic imine (C=N–C) groups is 1. The molecule has 29 heavy (non-hydrogen) atoms. The van der Waals surface area contributed by atoms with E-state index >= 15 is 0 Å². The molecule has 0 aliphatic carbocycles. The molecule has 0 atom stereocenters. The summed E-state index contributed by atoms with van der Waals surface area (Å²) in [6.45, 7) is 0.0779. The number of hydrogen-bond acceptors (Lipinski definition) is 4. The fraction of sp³-hybridized carbons (Fsp3) is 0.0435. The van der Waals surface area contributed by atoms with Crippen LogP contribution in [-0.2, 0) is 16.1 Å². The number of cyclic esters (lactones) is 1. The summed E-state index contributed by atoms with van der Waals surface area (Å²) in [6.07, 6.45) is 1.61. The van der Waals surface area contributed by atoms with E-state index in [0.717, 1.165) is 9.13 Å². The highest BCUT2D eigenvalue weighted by atomic mass is 127. The fourth-order valence-corrected chi connectivity index (χ4v) is 3.13. The van der Waals surface area contributed by atoms with Crippen molar-refractivity contribution in [3.05, 3.63) is 105 Å². The largest absolute Gasteiger partial charge is 0.488 e. The number of halogens is 2. The molecule has 0 radical (unpaired) electrons. The lowest BCUT2D eigenvalue weighted by molar-refractivity contribution is -0.129. The Bertz CT molecular complexity index is 1120. The van der Waals surface area contributed by atoms with Crippen LogP contribution in [0.2, 0.25) is 0 Å². The summed E-state index contributed by atoms with van der Waals surface area (Å²) in [7, 11) is 0. The molecule has 6 heteroatoms. The number of esters is 1. The van der Waals surface area contributed by atoms with E-state index in [1.807, 2.05) is 36.4 Å². The van der Waals surface area contributed by atoms with Crippen molar-refractivity contribution in [1.29, 1.82) is 0 Å². The number of hydrogen-bond donors (Lipinski definition) is 0. The Morgan fingerprint density at radius 2 is 1.72 bits per heavy atom. The molecule has 0 bridgehead atoms. The van der Waals surface area contributed by atoms with Gasteiger partial charge in [-0.25, -0.2) is 14.2 Å². The van der Waals surface area contributed by atoms with Crippen LogP contribution in [0.1, 0.15) is 16.7 Å². The third-order valence-electron chi connectivity index (χ3n) is 4.26. The maximum atomic E-state index is 13.8. The van der Waals surface area contributed by atoms with Crippen molar-refractivity contribution in [1.82, 2.24) is 0 Å². The van der Waals surface area contributed by atoms with Gasteiger partial charge in [-0.1, -0.05) is 36.4 Å². The summed E-state index contributed by atoms with van der Waals surface area (Å²) in [5.74, 6) is -0.0618. The lowest BCUT2D eigenvalue weighted by Crippen LogP contribution is -2.05. The molecule has 1 aliphatic rings. The standard InChI is InChI=1S/C23H15FINO3/c24-19-7-3-1-6-17(19)14-28-21-8-4-2-5-16(21)13-20-23(27)29-22(26-20)15-9-11-18(25)12-10-15/h1-13H,14H2/b20-13-. The Balaban J connectivity index is 1.58. The van der Waals surface area contributed by atoms with Crippen molar-refractivity contribution in [3.63, 3.8) is 0 Å². The molecule has 1 aliphatic heterocycles. The van der Waals surface area contributed by atoms with Gasteiger partial charge in [0.25, 0.3) is 0 Å². The summed E-state index contributed by atoms with van der Waals surface area (Å²) in [5, 5.41) is 0. The molecule has 144 valence electrons. The average molecular weight is 499 g/mol. The SMILES string of the molecule is O=C1OC(c2ccc(I)cc2)=N/C1=C\c1ccccc1OCc1ccccc1F. The minimum atomic E-state index is -0.526. The Hall–Kier alpha value is -3.00. The second-order valence-electron chi connectivity index (χ2n) is 6.26. The van der Waals surface area contributed by atoms with Gasteiger partial charge in [-0.15, -0.1) is 0 Å². The van der Waals surface area contributed by atoms with Crippen LogP contribution in [0.15, 0.2) is 83.5 Å². The number of carbonyl (C=O) groups is 1. The summed E-state index contributed by atoms with van der Waals surface area (Å²) in [4.78, 5) is 16.6. The van der Waals surface area contributed by atoms with E-state index in [1.165, 1.54) is 6.07 Å². The van der Waals surface area contributed by atoms with Crippen molar-refractivity contribution in [3.8, 4) is 5.75 Å². The van der Waals surface area contributed by atoms with Crippen molar-refractivity contribution in [2.75, 3.05) is 0 Å². The van der Waals surface area contributed by atoms with Gasteiger partial charge in [0.2, 0.25) is 5.90 Å². The first-order valence-corrected chi connectivity index (χ1v) is 9.92. The minimum Gasteiger partial charge on any atom is -0.488 e. The smallest absolute Gasteiger partial charge is 0.363 e. The molecule has 0 saturated carbocycles. The molecule has 4 nitrogen and oxygen atoms in total. The van der Waals surface area contributed by atoms with E-state index in [-0.39, 0.29) is 24.0 Å². The minimum absolute atomic E-state index is 0.0779. The van der Waals surface area contributed by atoms with E-state index in [2.05, 4.69) is 27.6 Å². The zero-order valence-corrected chi connectivity index (χ0v) is 17.3. The van der Waals surface area contributed by atoms with Crippen LogP contribution >= 0.6 is 22.6 Å². The molecule has 0 amide bonds. The van der Waals surface area contributed by atoms with Crippen LogP contribution in [0.25, 0.3) is 6.08 Å². The van der Waals surface area contributed by atoms with E-state index in [1.54, 1.807) is 36.4 Å². The van der Waals surface area contributed by atoms with Gasteiger partial charge in [0.1, 0.15) is 18.2 Å². The van der Waals surface area contributed by atoms with Crippen molar-refractivity contribution >= 4 is 40.5 Å². The molecule has 1 heterocycles. The average Bonchev–Trinajstić information content (AvgIpc) is 3.09. The van der Waals surface area contributed by atoms with Crippen LogP contribution in [-0.4, -0.2) is 11.9 Å². The first-order valence-electron chi connectivity index (χ1n) is 8.84. The molecule has 0 N–H and O–H groups in total. The fourth-order valence-electron chi connectivity index (χ4n) is 2.77. The number of rotatable bonds is 5. The zero-order valence-electron chi connectivity index (χ0n) is 15.1. The predicted molar refractivity (Wildman–Crippen MR) is 117 cm³/mol. The Morgan fingerprint density at radius 1 is 1.00 bits per heavy atom. The number of para-hydroxylation sites is 1. The monoisotopic (exact) mass is 499 g/mol. The molecule has 0 spiro atoms. The van der Waals surface area contributed by atoms with Gasteiger partial charge in [-0.05, 0) is 65.1 Å². The zero-order chi connectivity index (χ0) is 20.2. The lowest BCUT2D eigenvalue weighted by Gasteiger charge is -2.10. The van der Waals surface area contributed by atoms with Gasteiger partial charge in [-0.2, -0.15) is 0 Å². The lowest BCUT2D eigenvalue weighted by atomic mass is 10.1. The number of ether oxygens (including phenoxy) is 2. The molecule has 3 aromatic carbocycles. The Labute approximate surface area is 180 Å². The van der Waals surface area contributed by atoms with E-state index in [9.17, 15) is 9.18 Å². The van der Waals surface area contributed by atoms with E-state index in [4.69, 9.17) is 9.47 Å². The van der Waals surface area contributed by atoms with Gasteiger partial charge in [-0.3, -0.25) is 0 Å². The van der Waals surface area contributed by atoms with E-state index < -0.39 is 5.97 Å². The molecule has 0 unspecified atom stereocenters.